The maximum atomic E-state index is 11.3. The molecule has 1 aliphatic heterocycles. The lowest BCUT2D eigenvalue weighted by atomic mass is 9.93. The summed E-state index contributed by atoms with van der Waals surface area (Å²) in [5.41, 5.74) is -0.808. The predicted octanol–water partition coefficient (Wildman–Crippen LogP) is 1.56. The van der Waals surface area contributed by atoms with Gasteiger partial charge in [0.15, 0.2) is 0 Å². The number of aliphatic carboxylic acids is 1. The lowest BCUT2D eigenvalue weighted by molar-refractivity contribution is -0.144. The zero-order valence-electron chi connectivity index (χ0n) is 11.8. The van der Waals surface area contributed by atoms with E-state index in [2.05, 4.69) is 17.1 Å². The van der Waals surface area contributed by atoms with Crippen molar-refractivity contribution in [3.8, 4) is 0 Å². The van der Waals surface area contributed by atoms with E-state index < -0.39 is 11.5 Å². The number of fused-ring (bicyclic) bond motifs is 1. The lowest BCUT2D eigenvalue weighted by Crippen LogP contribution is -2.51. The van der Waals surface area contributed by atoms with E-state index >= 15 is 0 Å². The number of carbonyl (C=O) groups is 1. The second-order valence-corrected chi connectivity index (χ2v) is 6.35. The summed E-state index contributed by atoms with van der Waals surface area (Å²) in [5.74, 6) is 0.993. The quantitative estimate of drug-likeness (QED) is 0.782. The summed E-state index contributed by atoms with van der Waals surface area (Å²) < 4.78 is 0. The fourth-order valence-corrected chi connectivity index (χ4v) is 3.65. The number of hydrogen-bond donors (Lipinski definition) is 2. The van der Waals surface area contributed by atoms with Crippen molar-refractivity contribution in [3.63, 3.8) is 0 Å². The van der Waals surface area contributed by atoms with Crippen molar-refractivity contribution in [2.24, 2.45) is 11.8 Å². The van der Waals surface area contributed by atoms with E-state index in [1.165, 1.54) is 32.4 Å². The molecule has 1 aliphatic carbocycles. The molecule has 2 N–H and O–H groups in total. The van der Waals surface area contributed by atoms with Gasteiger partial charge in [0.05, 0.1) is 0 Å². The Morgan fingerprint density at radius 2 is 2.00 bits per heavy atom. The number of carboxylic acids is 1. The Morgan fingerprint density at radius 3 is 2.44 bits per heavy atom. The minimum atomic E-state index is -0.808. The first-order valence-electron chi connectivity index (χ1n) is 7.12. The van der Waals surface area contributed by atoms with Gasteiger partial charge in [0.25, 0.3) is 0 Å². The Hall–Kier alpha value is -0.610. The highest BCUT2D eigenvalue weighted by Crippen LogP contribution is 2.39. The van der Waals surface area contributed by atoms with Gasteiger partial charge in [-0.3, -0.25) is 4.79 Å². The molecule has 2 fully saturated rings. The zero-order valence-corrected chi connectivity index (χ0v) is 11.8. The van der Waals surface area contributed by atoms with Crippen molar-refractivity contribution in [1.82, 2.24) is 10.2 Å². The third kappa shape index (κ3) is 2.54. The van der Waals surface area contributed by atoms with E-state index in [0.29, 0.717) is 12.5 Å². The van der Waals surface area contributed by atoms with E-state index in [1.807, 2.05) is 0 Å². The monoisotopic (exact) mass is 254 g/mol. The van der Waals surface area contributed by atoms with Crippen molar-refractivity contribution in [2.75, 3.05) is 20.1 Å². The summed E-state index contributed by atoms with van der Waals surface area (Å²) in [7, 11) is 1.74. The Labute approximate surface area is 110 Å². The zero-order chi connectivity index (χ0) is 13.3. The molecular weight excluding hydrogens is 228 g/mol. The molecule has 4 heteroatoms. The number of nitrogens with one attached hydrogen (secondary N) is 1. The van der Waals surface area contributed by atoms with Crippen LogP contribution in [0.25, 0.3) is 0 Å². The van der Waals surface area contributed by atoms with Gasteiger partial charge >= 0.3 is 5.97 Å². The Kier molecular flexibility index (Phi) is 3.97. The molecule has 0 bridgehead atoms. The third-order valence-electron chi connectivity index (χ3n) is 5.11. The van der Waals surface area contributed by atoms with E-state index in [4.69, 9.17) is 0 Å². The first kappa shape index (κ1) is 13.8. The molecule has 2 rings (SSSR count). The van der Waals surface area contributed by atoms with Gasteiger partial charge in [0.1, 0.15) is 5.54 Å². The largest absolute Gasteiger partial charge is 0.480 e. The van der Waals surface area contributed by atoms with Crippen LogP contribution >= 0.6 is 0 Å². The minimum Gasteiger partial charge on any atom is -0.480 e. The minimum absolute atomic E-state index is 0.337. The Morgan fingerprint density at radius 1 is 1.44 bits per heavy atom. The maximum Gasteiger partial charge on any atom is 0.323 e. The van der Waals surface area contributed by atoms with Crippen LogP contribution in [-0.4, -0.2) is 47.7 Å². The van der Waals surface area contributed by atoms with Crippen LogP contribution in [0, 0.1) is 11.8 Å². The summed E-state index contributed by atoms with van der Waals surface area (Å²) in [6, 6.07) is 0.337. The maximum absolute atomic E-state index is 11.3. The molecule has 0 radical (unpaired) electrons. The van der Waals surface area contributed by atoms with Gasteiger partial charge in [0, 0.05) is 19.1 Å². The number of rotatable bonds is 5. The van der Waals surface area contributed by atoms with E-state index in [1.54, 1.807) is 14.0 Å². The van der Waals surface area contributed by atoms with Crippen LogP contribution in [0.2, 0.25) is 0 Å². The lowest BCUT2D eigenvalue weighted by Gasteiger charge is -2.32. The normalized spacial score (nSPS) is 33.1. The first-order valence-corrected chi connectivity index (χ1v) is 7.12. The molecule has 0 aromatic carbocycles. The second-order valence-electron chi connectivity index (χ2n) is 6.35. The fourth-order valence-electron chi connectivity index (χ4n) is 3.65. The van der Waals surface area contributed by atoms with Gasteiger partial charge in [-0.25, -0.2) is 0 Å². The van der Waals surface area contributed by atoms with E-state index in [0.717, 1.165) is 11.8 Å². The highest BCUT2D eigenvalue weighted by molar-refractivity contribution is 5.78. The van der Waals surface area contributed by atoms with Gasteiger partial charge in [-0.15, -0.1) is 0 Å². The second kappa shape index (κ2) is 5.17. The molecule has 0 spiro atoms. The van der Waals surface area contributed by atoms with Gasteiger partial charge in [0.2, 0.25) is 0 Å². The first-order chi connectivity index (χ1) is 8.46. The van der Waals surface area contributed by atoms with Crippen LogP contribution in [0.15, 0.2) is 0 Å². The summed E-state index contributed by atoms with van der Waals surface area (Å²) in [6.07, 6.45) is 4.80. The SMILES string of the molecule is CNC(C)(CC(C)N1CC2CCCC2C1)C(=O)O. The highest BCUT2D eigenvalue weighted by Gasteiger charge is 2.40. The van der Waals surface area contributed by atoms with Crippen LogP contribution < -0.4 is 5.32 Å². The van der Waals surface area contributed by atoms with Crippen LogP contribution in [0.1, 0.15) is 39.5 Å². The highest BCUT2D eigenvalue weighted by atomic mass is 16.4. The van der Waals surface area contributed by atoms with E-state index in [-0.39, 0.29) is 0 Å². The van der Waals surface area contributed by atoms with Crippen molar-refractivity contribution < 1.29 is 9.90 Å². The molecule has 0 amide bonds. The van der Waals surface area contributed by atoms with Crippen molar-refractivity contribution in [3.05, 3.63) is 0 Å². The number of likely N-dealkylation sites (tertiary alicyclic amines) is 1. The molecule has 2 aliphatic rings. The van der Waals surface area contributed by atoms with Gasteiger partial charge in [-0.1, -0.05) is 6.42 Å². The molecule has 1 saturated heterocycles. The summed E-state index contributed by atoms with van der Waals surface area (Å²) in [5, 5.41) is 12.3. The number of nitrogens with zero attached hydrogens (tertiary/aromatic N) is 1. The molecular formula is C14H26N2O2. The molecule has 104 valence electrons. The summed E-state index contributed by atoms with van der Waals surface area (Å²) in [4.78, 5) is 13.8. The third-order valence-corrected chi connectivity index (χ3v) is 5.11. The standard InChI is InChI=1S/C14H26N2O2/c1-10(7-14(2,15-3)13(17)18)16-8-11-5-4-6-12(11)9-16/h10-12,15H,4-9H2,1-3H3,(H,17,18). The number of carboxylic acid groups (broad SMARTS) is 1. The molecule has 4 atom stereocenters. The van der Waals surface area contributed by atoms with Crippen LogP contribution in [0.4, 0.5) is 0 Å². The average molecular weight is 254 g/mol. The van der Waals surface area contributed by atoms with Crippen LogP contribution in [0.5, 0.6) is 0 Å². The smallest absolute Gasteiger partial charge is 0.323 e. The molecule has 1 heterocycles. The molecule has 0 aromatic heterocycles. The van der Waals surface area contributed by atoms with Crippen LogP contribution in [0.3, 0.4) is 0 Å². The fraction of sp³-hybridized carbons (Fsp3) is 0.929. The Bertz CT molecular complexity index is 309. The van der Waals surface area contributed by atoms with Gasteiger partial charge in [-0.2, -0.15) is 0 Å². The van der Waals surface area contributed by atoms with Gasteiger partial charge in [-0.05, 0) is 52.0 Å². The van der Waals surface area contributed by atoms with Gasteiger partial charge < -0.3 is 15.3 Å². The van der Waals surface area contributed by atoms with Crippen molar-refractivity contribution in [1.29, 1.82) is 0 Å². The molecule has 0 aromatic rings. The van der Waals surface area contributed by atoms with Crippen molar-refractivity contribution in [2.45, 2.75) is 51.1 Å². The van der Waals surface area contributed by atoms with Crippen molar-refractivity contribution >= 4 is 5.97 Å². The van der Waals surface area contributed by atoms with Crippen LogP contribution in [-0.2, 0) is 4.79 Å². The summed E-state index contributed by atoms with van der Waals surface area (Å²) >= 11 is 0. The molecule has 4 unspecified atom stereocenters. The molecule has 4 nitrogen and oxygen atoms in total. The average Bonchev–Trinajstić information content (AvgIpc) is 2.88. The van der Waals surface area contributed by atoms with E-state index in [9.17, 15) is 9.90 Å². The topological polar surface area (TPSA) is 52.6 Å². The predicted molar refractivity (Wildman–Crippen MR) is 71.6 cm³/mol. The molecule has 1 saturated carbocycles. The molecule has 18 heavy (non-hydrogen) atoms. The number of hydrogen-bond acceptors (Lipinski definition) is 3. The number of likely N-dealkylation sites (N-methyl/N-ethyl adjacent to an activating group) is 1. The summed E-state index contributed by atoms with van der Waals surface area (Å²) in [6.45, 7) is 6.29. The Balaban J connectivity index is 1.92.